The predicted octanol–water partition coefficient (Wildman–Crippen LogP) is 2.10. The normalized spacial score (nSPS) is 22.2. The number of rotatable bonds is 8. The van der Waals surface area contributed by atoms with Crippen LogP contribution in [0.5, 0.6) is 0 Å². The number of nitriles is 1. The summed E-state index contributed by atoms with van der Waals surface area (Å²) >= 11 is 8.04. The Kier molecular flexibility index (Phi) is 9.20. The maximum absolute atomic E-state index is 12.3. The molecule has 1 aliphatic heterocycles. The zero-order valence-corrected chi connectivity index (χ0v) is 23.5. The number of nitrogens with zero attached hydrogens (tertiary/aromatic N) is 5. The summed E-state index contributed by atoms with van der Waals surface area (Å²) in [5.74, 6) is -1.98. The van der Waals surface area contributed by atoms with E-state index in [1.54, 1.807) is 5.38 Å². The summed E-state index contributed by atoms with van der Waals surface area (Å²) in [6.07, 6.45) is -0.630. The first-order chi connectivity index (χ1) is 19.0. The van der Waals surface area contributed by atoms with E-state index in [2.05, 4.69) is 20.3 Å². The molecule has 0 saturated carbocycles. The van der Waals surface area contributed by atoms with Crippen LogP contribution in [0.4, 0.5) is 0 Å². The Morgan fingerprint density at radius 3 is 2.58 bits per heavy atom. The van der Waals surface area contributed by atoms with E-state index in [0.717, 1.165) is 23.1 Å². The fourth-order valence-electron chi connectivity index (χ4n) is 3.95. The van der Waals surface area contributed by atoms with Crippen molar-refractivity contribution in [2.45, 2.75) is 55.5 Å². The van der Waals surface area contributed by atoms with Crippen LogP contribution in [0.2, 0.25) is 5.02 Å². The Morgan fingerprint density at radius 2 is 1.95 bits per heavy atom. The second-order valence-electron chi connectivity index (χ2n) is 8.36. The van der Waals surface area contributed by atoms with Gasteiger partial charge < -0.3 is 23.9 Å². The Bertz CT molecular complexity index is 1520. The monoisotopic (exact) mass is 608 g/mol. The molecule has 2 unspecified atom stereocenters. The predicted molar refractivity (Wildman–Crippen MR) is 139 cm³/mol. The number of thioether (sulfide) groups is 1. The van der Waals surface area contributed by atoms with Gasteiger partial charge in [-0.1, -0.05) is 39.9 Å². The summed E-state index contributed by atoms with van der Waals surface area (Å²) in [5, 5.41) is 19.7. The molecule has 40 heavy (non-hydrogen) atoms. The van der Waals surface area contributed by atoms with Gasteiger partial charge in [-0.2, -0.15) is 5.26 Å². The van der Waals surface area contributed by atoms with E-state index in [9.17, 15) is 24.4 Å². The van der Waals surface area contributed by atoms with Crippen molar-refractivity contribution >= 4 is 52.6 Å². The van der Waals surface area contributed by atoms with Crippen molar-refractivity contribution < 1.29 is 33.3 Å². The Morgan fingerprint density at radius 1 is 1.23 bits per heavy atom. The number of pyridine rings is 1. The molecule has 0 aromatic carbocycles. The van der Waals surface area contributed by atoms with Crippen molar-refractivity contribution in [3.05, 3.63) is 44.2 Å². The zero-order chi connectivity index (χ0) is 29.0. The number of H-pyrrole nitrogens is 1. The van der Waals surface area contributed by atoms with Gasteiger partial charge in [0.1, 0.15) is 36.0 Å². The molecule has 4 rings (SSSR count). The molecule has 1 aliphatic rings. The molecule has 1 fully saturated rings. The number of halogens is 1. The quantitative estimate of drug-likeness (QED) is 0.289. The fourth-order valence-corrected chi connectivity index (χ4v) is 5.95. The lowest BCUT2D eigenvalue weighted by molar-refractivity contribution is -0.212. The van der Waals surface area contributed by atoms with Gasteiger partial charge in [0.05, 0.1) is 16.9 Å². The van der Waals surface area contributed by atoms with Crippen molar-refractivity contribution in [3.63, 3.8) is 0 Å². The van der Waals surface area contributed by atoms with Crippen molar-refractivity contribution in [2.24, 2.45) is 0 Å². The highest BCUT2D eigenvalue weighted by Gasteiger charge is 2.52. The molecule has 5 atom stereocenters. The molecule has 1 saturated heterocycles. The molecule has 1 N–H and O–H groups in total. The summed E-state index contributed by atoms with van der Waals surface area (Å²) in [6, 6.07) is 2.42. The average molecular weight is 609 g/mol. The number of thiazole rings is 1. The summed E-state index contributed by atoms with van der Waals surface area (Å²) < 4.78 is 24.0. The standard InChI is InChI=1S/C23H21ClN6O8S2/c1-10(31)35-8-17-20(36-11(2)32)19(30-7-15(28-29-30)16-9-39-23(34)27-16)21(37-12(3)33)22(38-17)40-18-4-13(24)6-26-14(18)5-25/h4,6-7,9,17,19-22H,8H2,1-3H3,(H,27,34)/t17?,19?,20-,21-,22+/m0/s1. The van der Waals surface area contributed by atoms with E-state index >= 15 is 0 Å². The van der Waals surface area contributed by atoms with Crippen molar-refractivity contribution in [2.75, 3.05) is 6.61 Å². The van der Waals surface area contributed by atoms with Crippen LogP contribution < -0.4 is 4.87 Å². The minimum atomic E-state index is -1.18. The van der Waals surface area contributed by atoms with Crippen LogP contribution in [0, 0.1) is 11.3 Å². The summed E-state index contributed by atoms with van der Waals surface area (Å²) in [4.78, 5) is 54.5. The molecule has 210 valence electrons. The van der Waals surface area contributed by atoms with Crippen LogP contribution >= 0.6 is 34.7 Å². The van der Waals surface area contributed by atoms with Gasteiger partial charge in [-0.05, 0) is 6.07 Å². The van der Waals surface area contributed by atoms with E-state index in [4.69, 9.17) is 30.5 Å². The second kappa shape index (κ2) is 12.6. The topological polar surface area (TPSA) is 188 Å². The van der Waals surface area contributed by atoms with Gasteiger partial charge in [-0.3, -0.25) is 19.2 Å². The Hall–Kier alpha value is -3.78. The van der Waals surface area contributed by atoms with Gasteiger partial charge in [0.15, 0.2) is 17.9 Å². The molecule has 0 spiro atoms. The maximum atomic E-state index is 12.3. The number of aromatic amines is 1. The van der Waals surface area contributed by atoms with Gasteiger partial charge in [0.25, 0.3) is 0 Å². The molecule has 0 radical (unpaired) electrons. The third-order valence-corrected chi connectivity index (χ3v) is 7.51. The second-order valence-corrected chi connectivity index (χ2v) is 10.8. The van der Waals surface area contributed by atoms with E-state index in [0.29, 0.717) is 16.3 Å². The average Bonchev–Trinajstić information content (AvgIpc) is 3.53. The molecule has 14 nitrogen and oxygen atoms in total. The van der Waals surface area contributed by atoms with Crippen LogP contribution in [-0.4, -0.2) is 73.2 Å². The summed E-state index contributed by atoms with van der Waals surface area (Å²) in [5.41, 5.74) is -0.326. The van der Waals surface area contributed by atoms with Gasteiger partial charge in [-0.25, -0.2) is 9.67 Å². The SMILES string of the molecule is CC(=O)OCC1O[C@H](Sc2cc(Cl)cnc2C#N)[C@@H](OC(C)=O)C(n2cc(-c3csc(=O)[nH]3)nn2)[C@H]1OC(C)=O. The lowest BCUT2D eigenvalue weighted by Gasteiger charge is -2.44. The Labute approximate surface area is 239 Å². The van der Waals surface area contributed by atoms with Crippen LogP contribution in [0.1, 0.15) is 32.5 Å². The Balaban J connectivity index is 1.83. The third kappa shape index (κ3) is 6.86. The van der Waals surface area contributed by atoms with Crippen LogP contribution in [0.25, 0.3) is 11.4 Å². The van der Waals surface area contributed by atoms with Gasteiger partial charge in [0, 0.05) is 37.2 Å². The first-order valence-electron chi connectivity index (χ1n) is 11.5. The van der Waals surface area contributed by atoms with Crippen LogP contribution in [-0.2, 0) is 33.3 Å². The molecule has 4 heterocycles. The number of nitrogens with one attached hydrogen (secondary N) is 1. The first kappa shape index (κ1) is 29.2. The minimum Gasteiger partial charge on any atom is -0.463 e. The molecular formula is C23H21ClN6O8S2. The minimum absolute atomic E-state index is 0.0409. The number of carbonyl (C=O) groups is 3. The summed E-state index contributed by atoms with van der Waals surface area (Å²) in [6.45, 7) is 3.25. The van der Waals surface area contributed by atoms with Crippen molar-refractivity contribution in [1.29, 1.82) is 5.26 Å². The lowest BCUT2D eigenvalue weighted by Crippen LogP contribution is -2.57. The smallest absolute Gasteiger partial charge is 0.304 e. The van der Waals surface area contributed by atoms with Gasteiger partial charge in [0.2, 0.25) is 0 Å². The molecule has 3 aromatic heterocycles. The van der Waals surface area contributed by atoms with E-state index < -0.39 is 47.7 Å². The zero-order valence-electron chi connectivity index (χ0n) is 21.1. The first-order valence-corrected chi connectivity index (χ1v) is 13.6. The molecule has 3 aromatic rings. The highest BCUT2D eigenvalue weighted by atomic mass is 35.5. The third-order valence-electron chi connectivity index (χ3n) is 5.45. The van der Waals surface area contributed by atoms with Crippen molar-refractivity contribution in [1.82, 2.24) is 25.0 Å². The summed E-state index contributed by atoms with van der Waals surface area (Å²) in [7, 11) is 0. The molecule has 0 bridgehead atoms. The van der Waals surface area contributed by atoms with E-state index in [1.165, 1.54) is 43.9 Å². The fraction of sp³-hybridized carbons (Fsp3) is 0.391. The molecule has 17 heteroatoms. The van der Waals surface area contributed by atoms with E-state index in [1.807, 2.05) is 6.07 Å². The van der Waals surface area contributed by atoms with E-state index in [-0.39, 0.29) is 22.2 Å². The largest absolute Gasteiger partial charge is 0.463 e. The van der Waals surface area contributed by atoms with Gasteiger partial charge in [-0.15, -0.1) is 5.10 Å². The lowest BCUT2D eigenvalue weighted by atomic mass is 9.96. The highest BCUT2D eigenvalue weighted by Crippen LogP contribution is 2.42. The number of hydrogen-bond acceptors (Lipinski definition) is 14. The van der Waals surface area contributed by atoms with Crippen LogP contribution in [0.3, 0.4) is 0 Å². The molecule has 0 amide bonds. The number of esters is 3. The van der Waals surface area contributed by atoms with Crippen molar-refractivity contribution in [3.8, 4) is 17.5 Å². The van der Waals surface area contributed by atoms with Crippen LogP contribution in [0.15, 0.2) is 33.5 Å². The highest BCUT2D eigenvalue weighted by molar-refractivity contribution is 7.99. The number of hydrogen-bond donors (Lipinski definition) is 1. The number of aromatic nitrogens is 5. The van der Waals surface area contributed by atoms with Gasteiger partial charge >= 0.3 is 22.8 Å². The number of carbonyl (C=O) groups excluding carboxylic acids is 3. The maximum Gasteiger partial charge on any atom is 0.304 e. The molecular weight excluding hydrogens is 588 g/mol. The number of ether oxygens (including phenoxy) is 4. The molecule has 0 aliphatic carbocycles.